The van der Waals surface area contributed by atoms with Crippen LogP contribution in [0.4, 0.5) is 4.39 Å². The van der Waals surface area contributed by atoms with Crippen molar-refractivity contribution in [3.63, 3.8) is 0 Å². The maximum atomic E-state index is 14.3. The van der Waals surface area contributed by atoms with Crippen molar-refractivity contribution in [2.45, 2.75) is 98.0 Å². The topological polar surface area (TPSA) is 44.0 Å². The van der Waals surface area contributed by atoms with Crippen molar-refractivity contribution in [3.05, 3.63) is 34.6 Å². The molecular formula is C25H40FNOS. The Labute approximate surface area is 183 Å². The van der Waals surface area contributed by atoms with Gasteiger partial charge < -0.3 is 5.11 Å². The van der Waals surface area contributed by atoms with Crippen LogP contribution < -0.4 is 0 Å². The van der Waals surface area contributed by atoms with Gasteiger partial charge in [0.2, 0.25) is 0 Å². The number of thiol groups is 1. The van der Waals surface area contributed by atoms with Crippen molar-refractivity contribution in [1.29, 1.82) is 5.26 Å². The predicted molar refractivity (Wildman–Crippen MR) is 124 cm³/mol. The highest BCUT2D eigenvalue weighted by molar-refractivity contribution is 7.80. The van der Waals surface area contributed by atoms with Crippen LogP contribution in [0.2, 0.25) is 0 Å². The van der Waals surface area contributed by atoms with Crippen molar-refractivity contribution >= 4 is 12.6 Å². The van der Waals surface area contributed by atoms with Crippen LogP contribution in [0.15, 0.2) is 12.1 Å². The molecule has 2 nitrogen and oxygen atoms in total. The standard InChI is InChI=1S/C19H26FNO.C6H14S/c1-5-7-14(8-6-2)19(22)17-13(12-21)9-10-16(20)15(17)11-18(19,3)4;1-2-3-4-5-6-7/h9-10,14,22H,5-8,11H2,1-4H3;7H,2-6H2,1H3. The van der Waals surface area contributed by atoms with Crippen LogP contribution in [-0.4, -0.2) is 10.9 Å². The Hall–Kier alpha value is -1.05. The average molecular weight is 422 g/mol. The van der Waals surface area contributed by atoms with E-state index >= 15 is 0 Å². The number of nitrogens with zero attached hydrogens (tertiary/aromatic N) is 1. The number of aliphatic hydroxyl groups is 1. The van der Waals surface area contributed by atoms with Crippen LogP contribution in [0.1, 0.15) is 103 Å². The number of rotatable bonds is 9. The fourth-order valence-corrected chi connectivity index (χ4v) is 5.02. The molecule has 0 amide bonds. The summed E-state index contributed by atoms with van der Waals surface area (Å²) in [4.78, 5) is 0. The summed E-state index contributed by atoms with van der Waals surface area (Å²) in [5.74, 6) is 0.803. The van der Waals surface area contributed by atoms with Gasteiger partial charge in [0.25, 0.3) is 0 Å². The SMILES string of the molecule is CCCC(CCC)C1(O)c2c(C#N)ccc(F)c2CC1(C)C.CCCCCCS. The lowest BCUT2D eigenvalue weighted by molar-refractivity contribution is -0.113. The molecule has 0 fully saturated rings. The lowest BCUT2D eigenvalue weighted by Crippen LogP contribution is -2.45. The van der Waals surface area contributed by atoms with E-state index in [-0.39, 0.29) is 11.7 Å². The minimum Gasteiger partial charge on any atom is -0.384 e. The molecule has 0 aromatic heterocycles. The summed E-state index contributed by atoms with van der Waals surface area (Å²) in [7, 11) is 0. The maximum absolute atomic E-state index is 14.3. The second-order valence-electron chi connectivity index (χ2n) is 8.95. The lowest BCUT2D eigenvalue weighted by Gasteiger charge is -2.44. The van der Waals surface area contributed by atoms with Crippen molar-refractivity contribution < 1.29 is 9.50 Å². The van der Waals surface area contributed by atoms with Crippen LogP contribution in [0.3, 0.4) is 0 Å². The van der Waals surface area contributed by atoms with Crippen molar-refractivity contribution in [3.8, 4) is 6.07 Å². The zero-order chi connectivity index (χ0) is 22.1. The van der Waals surface area contributed by atoms with Gasteiger partial charge in [-0.2, -0.15) is 17.9 Å². The Bertz CT molecular complexity index is 672. The van der Waals surface area contributed by atoms with Gasteiger partial charge in [-0.15, -0.1) is 0 Å². The van der Waals surface area contributed by atoms with Gasteiger partial charge in [0, 0.05) is 11.0 Å². The third-order valence-electron chi connectivity index (χ3n) is 6.28. The maximum Gasteiger partial charge on any atom is 0.126 e. The molecule has 1 aliphatic carbocycles. The van der Waals surface area contributed by atoms with E-state index in [0.717, 1.165) is 31.4 Å². The molecule has 1 aliphatic rings. The van der Waals surface area contributed by atoms with E-state index in [1.54, 1.807) is 0 Å². The van der Waals surface area contributed by atoms with Gasteiger partial charge in [0.1, 0.15) is 5.82 Å². The average Bonchev–Trinajstić information content (AvgIpc) is 2.91. The molecule has 0 saturated heterocycles. The summed E-state index contributed by atoms with van der Waals surface area (Å²) in [5.41, 5.74) is -0.114. The number of benzene rings is 1. The summed E-state index contributed by atoms with van der Waals surface area (Å²) in [5, 5.41) is 21.2. The zero-order valence-corrected chi connectivity index (χ0v) is 19.9. The molecule has 2 rings (SSSR count). The first kappa shape index (κ1) is 26.0. The van der Waals surface area contributed by atoms with E-state index in [4.69, 9.17) is 0 Å². The van der Waals surface area contributed by atoms with Gasteiger partial charge in [0.05, 0.1) is 17.2 Å². The summed E-state index contributed by atoms with van der Waals surface area (Å²) in [6.45, 7) is 10.4. The highest BCUT2D eigenvalue weighted by atomic mass is 32.1. The summed E-state index contributed by atoms with van der Waals surface area (Å²) in [6.07, 6.45) is 9.53. The fraction of sp³-hybridized carbons (Fsp3) is 0.720. The predicted octanol–water partition coefficient (Wildman–Crippen LogP) is 7.18. The smallest absolute Gasteiger partial charge is 0.126 e. The van der Waals surface area contributed by atoms with E-state index in [2.05, 4.69) is 39.5 Å². The molecular weight excluding hydrogens is 381 g/mol. The zero-order valence-electron chi connectivity index (χ0n) is 19.0. The van der Waals surface area contributed by atoms with Gasteiger partial charge in [-0.05, 0) is 55.1 Å². The number of nitriles is 1. The van der Waals surface area contributed by atoms with Gasteiger partial charge >= 0.3 is 0 Å². The van der Waals surface area contributed by atoms with Crippen molar-refractivity contribution in [2.75, 3.05) is 5.75 Å². The molecule has 29 heavy (non-hydrogen) atoms. The quantitative estimate of drug-likeness (QED) is 0.327. The van der Waals surface area contributed by atoms with Crippen LogP contribution in [0, 0.1) is 28.5 Å². The van der Waals surface area contributed by atoms with Gasteiger partial charge in [-0.25, -0.2) is 4.39 Å². The highest BCUT2D eigenvalue weighted by Crippen LogP contribution is 2.57. The summed E-state index contributed by atoms with van der Waals surface area (Å²) >= 11 is 4.09. The molecule has 1 N–H and O–H groups in total. The Morgan fingerprint density at radius 3 is 2.21 bits per heavy atom. The Morgan fingerprint density at radius 1 is 1.10 bits per heavy atom. The van der Waals surface area contributed by atoms with Crippen LogP contribution >= 0.6 is 12.6 Å². The first-order valence-corrected chi connectivity index (χ1v) is 11.9. The van der Waals surface area contributed by atoms with E-state index in [0.29, 0.717) is 23.1 Å². The minimum atomic E-state index is -1.14. The lowest BCUT2D eigenvalue weighted by atomic mass is 9.65. The molecule has 1 aromatic carbocycles. The third kappa shape index (κ3) is 5.76. The summed E-state index contributed by atoms with van der Waals surface area (Å²) < 4.78 is 14.3. The molecule has 0 spiro atoms. The number of fused-ring (bicyclic) bond motifs is 1. The molecule has 0 heterocycles. The molecule has 1 aromatic rings. The largest absolute Gasteiger partial charge is 0.384 e. The molecule has 1 unspecified atom stereocenters. The van der Waals surface area contributed by atoms with Gasteiger partial charge in [-0.1, -0.05) is 66.7 Å². The molecule has 0 bridgehead atoms. The van der Waals surface area contributed by atoms with Crippen LogP contribution in [0.5, 0.6) is 0 Å². The number of halogens is 1. The number of hydrogen-bond acceptors (Lipinski definition) is 3. The molecule has 0 radical (unpaired) electrons. The first-order chi connectivity index (χ1) is 13.7. The van der Waals surface area contributed by atoms with Crippen molar-refractivity contribution in [1.82, 2.24) is 0 Å². The number of unbranched alkanes of at least 4 members (excludes halogenated alkanes) is 3. The second-order valence-corrected chi connectivity index (χ2v) is 9.39. The number of hydrogen-bond donors (Lipinski definition) is 2. The van der Waals surface area contributed by atoms with Gasteiger partial charge in [-0.3, -0.25) is 0 Å². The second kappa shape index (κ2) is 12.0. The normalized spacial score (nSPS) is 19.4. The highest BCUT2D eigenvalue weighted by Gasteiger charge is 2.56. The Balaban J connectivity index is 0.000000516. The Morgan fingerprint density at radius 2 is 1.72 bits per heavy atom. The van der Waals surface area contributed by atoms with Crippen LogP contribution in [0.25, 0.3) is 0 Å². The van der Waals surface area contributed by atoms with E-state index in [1.807, 2.05) is 13.8 Å². The Kier molecular flexibility index (Phi) is 10.7. The van der Waals surface area contributed by atoms with Crippen molar-refractivity contribution in [2.24, 2.45) is 11.3 Å². The molecule has 1 atom stereocenters. The van der Waals surface area contributed by atoms with E-state index in [1.165, 1.54) is 37.8 Å². The summed E-state index contributed by atoms with van der Waals surface area (Å²) in [6, 6.07) is 5.02. The van der Waals surface area contributed by atoms with Gasteiger partial charge in [0.15, 0.2) is 0 Å². The monoisotopic (exact) mass is 421 g/mol. The fourth-order valence-electron chi connectivity index (χ4n) is 4.79. The van der Waals surface area contributed by atoms with Crippen LogP contribution in [-0.2, 0) is 12.0 Å². The first-order valence-electron chi connectivity index (χ1n) is 11.3. The molecule has 0 saturated carbocycles. The minimum absolute atomic E-state index is 0.0487. The van der Waals surface area contributed by atoms with E-state index in [9.17, 15) is 14.8 Å². The molecule has 0 aliphatic heterocycles. The third-order valence-corrected chi connectivity index (χ3v) is 6.60. The molecule has 164 valence electrons. The molecule has 4 heteroatoms. The van der Waals surface area contributed by atoms with E-state index < -0.39 is 11.0 Å².